The number of nitrogens with one attached hydrogen (secondary N) is 1. The van der Waals surface area contributed by atoms with Gasteiger partial charge in [0.1, 0.15) is 5.00 Å². The van der Waals surface area contributed by atoms with E-state index < -0.39 is 30.0 Å². The summed E-state index contributed by atoms with van der Waals surface area (Å²) in [5.74, 6) is -1.73. The zero-order chi connectivity index (χ0) is 18.6. The van der Waals surface area contributed by atoms with Crippen LogP contribution in [0.15, 0.2) is 12.7 Å². The van der Waals surface area contributed by atoms with Crippen molar-refractivity contribution in [3.05, 3.63) is 28.7 Å². The predicted octanol–water partition coefficient (Wildman–Crippen LogP) is 1.80. The number of primary amides is 1. The molecule has 0 fully saturated rings. The van der Waals surface area contributed by atoms with Crippen LogP contribution in [0, 0.1) is 0 Å². The number of carbonyl (C=O) groups is 3. The van der Waals surface area contributed by atoms with Gasteiger partial charge in [-0.1, -0.05) is 6.08 Å². The lowest BCUT2D eigenvalue weighted by molar-refractivity contribution is -0.163. The summed E-state index contributed by atoms with van der Waals surface area (Å²) in [5.41, 5.74) is 6.75. The molecule has 3 N–H and O–H groups in total. The molecule has 136 valence electrons. The highest BCUT2D eigenvalue weighted by Crippen LogP contribution is 2.38. The second kappa shape index (κ2) is 8.26. The number of ether oxygens (including phenoxy) is 2. The van der Waals surface area contributed by atoms with Crippen LogP contribution >= 0.6 is 11.3 Å². The fourth-order valence-electron chi connectivity index (χ4n) is 2.57. The van der Waals surface area contributed by atoms with Crippen molar-refractivity contribution >= 4 is 34.1 Å². The highest BCUT2D eigenvalue weighted by molar-refractivity contribution is 7.17. The summed E-state index contributed by atoms with van der Waals surface area (Å²) < 4.78 is 10.3. The van der Waals surface area contributed by atoms with Crippen LogP contribution in [0.3, 0.4) is 0 Å². The van der Waals surface area contributed by atoms with Crippen LogP contribution in [-0.2, 0) is 31.9 Å². The molecule has 2 atom stereocenters. The summed E-state index contributed by atoms with van der Waals surface area (Å²) in [4.78, 5) is 37.0. The smallest absolute Gasteiger partial charge is 0.335 e. The minimum atomic E-state index is -1.03. The van der Waals surface area contributed by atoms with Crippen LogP contribution in [0.2, 0.25) is 0 Å². The molecule has 0 radical (unpaired) electrons. The lowest BCUT2D eigenvalue weighted by Gasteiger charge is -2.16. The number of amides is 2. The number of rotatable bonds is 8. The van der Waals surface area contributed by atoms with Crippen molar-refractivity contribution in [3.63, 3.8) is 0 Å². The zero-order valence-corrected chi connectivity index (χ0v) is 15.1. The molecule has 0 aliphatic heterocycles. The average molecular weight is 366 g/mol. The Hall–Kier alpha value is -2.19. The van der Waals surface area contributed by atoms with Gasteiger partial charge in [-0.25, -0.2) is 4.79 Å². The van der Waals surface area contributed by atoms with Gasteiger partial charge in [0.15, 0.2) is 12.2 Å². The first kappa shape index (κ1) is 19.1. The first-order valence-corrected chi connectivity index (χ1v) is 8.85. The third-order valence-corrected chi connectivity index (χ3v) is 5.07. The van der Waals surface area contributed by atoms with Crippen molar-refractivity contribution in [2.24, 2.45) is 5.73 Å². The first-order chi connectivity index (χ1) is 11.8. The van der Waals surface area contributed by atoms with Gasteiger partial charge in [0.2, 0.25) is 0 Å². The lowest BCUT2D eigenvalue weighted by Crippen LogP contribution is -2.34. The van der Waals surface area contributed by atoms with Crippen molar-refractivity contribution < 1.29 is 23.9 Å². The van der Waals surface area contributed by atoms with Gasteiger partial charge in [0.05, 0.1) is 12.2 Å². The monoisotopic (exact) mass is 366 g/mol. The molecule has 1 aromatic rings. The summed E-state index contributed by atoms with van der Waals surface area (Å²) in [6, 6.07) is 0. The van der Waals surface area contributed by atoms with Crippen molar-refractivity contribution in [1.29, 1.82) is 0 Å². The number of anilines is 1. The van der Waals surface area contributed by atoms with Crippen molar-refractivity contribution in [2.75, 3.05) is 11.9 Å². The van der Waals surface area contributed by atoms with Gasteiger partial charge in [0.25, 0.3) is 11.8 Å². The Morgan fingerprint density at radius 3 is 2.68 bits per heavy atom. The highest BCUT2D eigenvalue weighted by Gasteiger charge is 2.28. The SMILES string of the molecule is C=CCOC(C)C(=O)OC(C)C(=O)Nc1sc2c(c1C(N)=O)CCC2. The van der Waals surface area contributed by atoms with Gasteiger partial charge in [-0.15, -0.1) is 17.9 Å². The first-order valence-electron chi connectivity index (χ1n) is 8.03. The number of fused-ring (bicyclic) bond motifs is 1. The van der Waals surface area contributed by atoms with Crippen LogP contribution in [0.1, 0.15) is 41.1 Å². The molecular formula is C17H22N2O5S. The minimum Gasteiger partial charge on any atom is -0.451 e. The van der Waals surface area contributed by atoms with E-state index in [2.05, 4.69) is 11.9 Å². The van der Waals surface area contributed by atoms with Gasteiger partial charge in [-0.05, 0) is 38.7 Å². The van der Waals surface area contributed by atoms with E-state index in [9.17, 15) is 14.4 Å². The molecule has 7 nitrogen and oxygen atoms in total. The van der Waals surface area contributed by atoms with E-state index in [0.717, 1.165) is 29.7 Å². The Morgan fingerprint density at radius 2 is 2.04 bits per heavy atom. The Labute approximate surface area is 150 Å². The molecule has 2 unspecified atom stereocenters. The highest BCUT2D eigenvalue weighted by atomic mass is 32.1. The molecular weight excluding hydrogens is 344 g/mol. The Bertz CT molecular complexity index is 697. The van der Waals surface area contributed by atoms with E-state index in [4.69, 9.17) is 15.2 Å². The van der Waals surface area contributed by atoms with Gasteiger partial charge in [0, 0.05) is 4.88 Å². The van der Waals surface area contributed by atoms with Crippen LogP contribution in [-0.4, -0.2) is 36.6 Å². The number of carbonyl (C=O) groups excluding carboxylic acids is 3. The fourth-order valence-corrected chi connectivity index (χ4v) is 3.87. The summed E-state index contributed by atoms with van der Waals surface area (Å²) >= 11 is 1.35. The molecule has 0 saturated carbocycles. The molecule has 0 aromatic carbocycles. The number of hydrogen-bond acceptors (Lipinski definition) is 6. The minimum absolute atomic E-state index is 0.208. The fraction of sp³-hybridized carbons (Fsp3) is 0.471. The van der Waals surface area contributed by atoms with Gasteiger partial charge < -0.3 is 20.5 Å². The van der Waals surface area contributed by atoms with E-state index in [-0.39, 0.29) is 6.61 Å². The van der Waals surface area contributed by atoms with Gasteiger partial charge >= 0.3 is 5.97 Å². The second-order valence-corrected chi connectivity index (χ2v) is 6.86. The molecule has 1 aliphatic rings. The predicted molar refractivity (Wildman–Crippen MR) is 94.7 cm³/mol. The topological polar surface area (TPSA) is 108 Å². The largest absolute Gasteiger partial charge is 0.451 e. The van der Waals surface area contributed by atoms with Crippen LogP contribution in [0.5, 0.6) is 0 Å². The molecule has 25 heavy (non-hydrogen) atoms. The quantitative estimate of drug-likeness (QED) is 0.539. The molecule has 1 aromatic heterocycles. The molecule has 0 bridgehead atoms. The maximum atomic E-state index is 12.3. The maximum absolute atomic E-state index is 12.3. The summed E-state index contributed by atoms with van der Waals surface area (Å²) in [6.07, 6.45) is 2.31. The summed E-state index contributed by atoms with van der Waals surface area (Å²) in [6.45, 7) is 6.69. The third-order valence-electron chi connectivity index (χ3n) is 3.86. The summed E-state index contributed by atoms with van der Waals surface area (Å²) in [5, 5.41) is 3.07. The van der Waals surface area contributed by atoms with Crippen LogP contribution in [0.4, 0.5) is 5.00 Å². The molecule has 1 aliphatic carbocycles. The Balaban J connectivity index is 2.01. The zero-order valence-electron chi connectivity index (χ0n) is 14.3. The van der Waals surface area contributed by atoms with Gasteiger partial charge in [-0.3, -0.25) is 9.59 Å². The number of thiophene rings is 1. The lowest BCUT2D eigenvalue weighted by atomic mass is 10.1. The van der Waals surface area contributed by atoms with Gasteiger partial charge in [-0.2, -0.15) is 0 Å². The Kier molecular flexibility index (Phi) is 6.33. The van der Waals surface area contributed by atoms with E-state index in [1.807, 2.05) is 0 Å². The number of hydrogen-bond donors (Lipinski definition) is 2. The van der Waals surface area contributed by atoms with E-state index in [1.165, 1.54) is 31.3 Å². The van der Waals surface area contributed by atoms with E-state index >= 15 is 0 Å². The van der Waals surface area contributed by atoms with Crippen LogP contribution in [0.25, 0.3) is 0 Å². The number of aryl methyl sites for hydroxylation is 1. The average Bonchev–Trinajstić information content (AvgIpc) is 3.12. The van der Waals surface area contributed by atoms with Crippen molar-refractivity contribution in [3.8, 4) is 0 Å². The number of esters is 1. The molecule has 1 heterocycles. The van der Waals surface area contributed by atoms with Crippen LogP contribution < -0.4 is 11.1 Å². The van der Waals surface area contributed by atoms with Crippen molar-refractivity contribution in [2.45, 2.75) is 45.3 Å². The third kappa shape index (κ3) is 4.46. The van der Waals surface area contributed by atoms with Crippen molar-refractivity contribution in [1.82, 2.24) is 0 Å². The molecule has 0 spiro atoms. The second-order valence-electron chi connectivity index (χ2n) is 5.76. The van der Waals surface area contributed by atoms with E-state index in [1.54, 1.807) is 0 Å². The standard InChI is InChI=1S/C17H22N2O5S/c1-4-8-23-10(3)17(22)24-9(2)15(21)19-16-13(14(18)20)11-6-5-7-12(11)25-16/h4,9-10H,1,5-8H2,2-3H3,(H2,18,20)(H,19,21). The summed E-state index contributed by atoms with van der Waals surface area (Å²) in [7, 11) is 0. The maximum Gasteiger partial charge on any atom is 0.335 e. The number of nitrogens with two attached hydrogens (primary N) is 1. The molecule has 8 heteroatoms. The molecule has 2 amide bonds. The molecule has 0 saturated heterocycles. The Morgan fingerprint density at radius 1 is 1.32 bits per heavy atom. The van der Waals surface area contributed by atoms with E-state index in [0.29, 0.717) is 10.6 Å². The normalized spacial score (nSPS) is 15.1. The molecule has 2 rings (SSSR count).